The number of anilines is 1. The molecule has 21 heavy (non-hydrogen) atoms. The van der Waals surface area contributed by atoms with E-state index < -0.39 is 0 Å². The van der Waals surface area contributed by atoms with Crippen LogP contribution in [0.1, 0.15) is 19.8 Å². The topological polar surface area (TPSA) is 72.1 Å². The molecule has 0 spiro atoms. The smallest absolute Gasteiger partial charge is 0.222 e. The van der Waals surface area contributed by atoms with Gasteiger partial charge in [-0.25, -0.2) is 9.97 Å². The van der Waals surface area contributed by atoms with Gasteiger partial charge < -0.3 is 10.6 Å². The molecule has 0 bridgehead atoms. The summed E-state index contributed by atoms with van der Waals surface area (Å²) in [6.07, 6.45) is 3.36. The van der Waals surface area contributed by atoms with Gasteiger partial charge >= 0.3 is 0 Å². The van der Waals surface area contributed by atoms with Crippen molar-refractivity contribution in [3.05, 3.63) is 29.0 Å². The number of carbonyl (C=O) groups is 1. The van der Waals surface area contributed by atoms with Gasteiger partial charge in [-0.05, 0) is 47.8 Å². The van der Waals surface area contributed by atoms with Gasteiger partial charge in [-0.1, -0.05) is 6.07 Å². The Morgan fingerprint density at radius 1 is 1.38 bits per heavy atom. The first-order valence-corrected chi connectivity index (χ1v) is 7.82. The number of halogens is 1. The Morgan fingerprint density at radius 2 is 2.19 bits per heavy atom. The molecule has 110 valence electrons. The highest BCUT2D eigenvalue weighted by atomic mass is 79.9. The van der Waals surface area contributed by atoms with E-state index in [0.717, 1.165) is 34.0 Å². The minimum atomic E-state index is -0.230. The van der Waals surface area contributed by atoms with Crippen LogP contribution in [0.15, 0.2) is 29.0 Å². The monoisotopic (exact) mass is 348 g/mol. The molecule has 2 heterocycles. The van der Waals surface area contributed by atoms with Gasteiger partial charge in [0.1, 0.15) is 12.1 Å². The fourth-order valence-electron chi connectivity index (χ4n) is 2.90. The van der Waals surface area contributed by atoms with Crippen molar-refractivity contribution in [3.63, 3.8) is 0 Å². The van der Waals surface area contributed by atoms with Gasteiger partial charge in [0.15, 0.2) is 0 Å². The van der Waals surface area contributed by atoms with Crippen molar-refractivity contribution in [1.82, 2.24) is 9.97 Å². The summed E-state index contributed by atoms with van der Waals surface area (Å²) in [5.74, 6) is 0.532. The molecular weight excluding hydrogens is 332 g/mol. The zero-order valence-electron chi connectivity index (χ0n) is 11.8. The van der Waals surface area contributed by atoms with Crippen molar-refractivity contribution in [2.75, 3.05) is 11.4 Å². The quantitative estimate of drug-likeness (QED) is 0.904. The number of aromatic nitrogens is 2. The van der Waals surface area contributed by atoms with Crippen molar-refractivity contribution in [1.29, 1.82) is 0 Å². The van der Waals surface area contributed by atoms with Gasteiger partial charge in [-0.2, -0.15) is 0 Å². The standard InChI is InChI=1S/C15H17BrN4O/c1-9-5-6-10(14(17)21)7-20(9)15-11-3-2-4-12(16)13(11)18-8-19-15/h2-4,8-10H,5-7H2,1H3,(H2,17,21)/t9-,10+/m1/s1. The number of amides is 1. The van der Waals surface area contributed by atoms with Crippen LogP contribution in [-0.2, 0) is 4.79 Å². The summed E-state index contributed by atoms with van der Waals surface area (Å²) < 4.78 is 0.944. The number of hydrogen-bond acceptors (Lipinski definition) is 4. The second-order valence-electron chi connectivity index (χ2n) is 5.51. The van der Waals surface area contributed by atoms with Crippen molar-refractivity contribution in [3.8, 4) is 0 Å². The van der Waals surface area contributed by atoms with Gasteiger partial charge in [0.25, 0.3) is 0 Å². The lowest BCUT2D eigenvalue weighted by Crippen LogP contribution is -2.46. The molecule has 3 rings (SSSR count). The number of carbonyl (C=O) groups excluding carboxylic acids is 1. The fraction of sp³-hybridized carbons (Fsp3) is 0.400. The number of fused-ring (bicyclic) bond motifs is 1. The average molecular weight is 349 g/mol. The van der Waals surface area contributed by atoms with Gasteiger partial charge in [0.2, 0.25) is 5.91 Å². The van der Waals surface area contributed by atoms with Crippen LogP contribution >= 0.6 is 15.9 Å². The molecule has 1 saturated heterocycles. The van der Waals surface area contributed by atoms with Crippen LogP contribution in [0.25, 0.3) is 10.9 Å². The molecule has 6 heteroatoms. The molecule has 0 unspecified atom stereocenters. The number of primary amides is 1. The van der Waals surface area contributed by atoms with E-state index in [1.807, 2.05) is 18.2 Å². The molecule has 1 aliphatic rings. The molecule has 0 saturated carbocycles. The van der Waals surface area contributed by atoms with Crippen LogP contribution in [-0.4, -0.2) is 28.5 Å². The number of piperidine rings is 1. The second kappa shape index (κ2) is 5.60. The predicted octanol–water partition coefficient (Wildman–Crippen LogP) is 2.48. The van der Waals surface area contributed by atoms with Crippen LogP contribution in [0.4, 0.5) is 5.82 Å². The average Bonchev–Trinajstić information content (AvgIpc) is 2.47. The molecule has 1 amide bonds. The van der Waals surface area contributed by atoms with Gasteiger partial charge in [-0.15, -0.1) is 0 Å². The fourth-order valence-corrected chi connectivity index (χ4v) is 3.37. The maximum absolute atomic E-state index is 11.5. The van der Waals surface area contributed by atoms with Crippen molar-refractivity contribution >= 4 is 38.6 Å². The summed E-state index contributed by atoms with van der Waals surface area (Å²) in [5.41, 5.74) is 6.37. The predicted molar refractivity (Wildman–Crippen MR) is 86.0 cm³/mol. The van der Waals surface area contributed by atoms with Crippen LogP contribution in [0.3, 0.4) is 0 Å². The summed E-state index contributed by atoms with van der Waals surface area (Å²) >= 11 is 3.52. The highest BCUT2D eigenvalue weighted by Gasteiger charge is 2.30. The highest BCUT2D eigenvalue weighted by Crippen LogP contribution is 2.32. The Hall–Kier alpha value is -1.69. The van der Waals surface area contributed by atoms with E-state index >= 15 is 0 Å². The van der Waals surface area contributed by atoms with Gasteiger partial charge in [-0.3, -0.25) is 4.79 Å². The number of benzene rings is 1. The molecule has 2 aromatic rings. The van der Waals surface area contributed by atoms with E-state index in [9.17, 15) is 4.79 Å². The Bertz CT molecular complexity index is 690. The Morgan fingerprint density at radius 3 is 2.95 bits per heavy atom. The maximum atomic E-state index is 11.5. The van der Waals surface area contributed by atoms with Crippen LogP contribution in [0, 0.1) is 5.92 Å². The number of hydrogen-bond donors (Lipinski definition) is 1. The number of rotatable bonds is 2. The minimum absolute atomic E-state index is 0.113. The summed E-state index contributed by atoms with van der Waals surface area (Å²) in [4.78, 5) is 22.5. The van der Waals surface area contributed by atoms with E-state index in [2.05, 4.69) is 37.7 Å². The molecule has 2 atom stereocenters. The van der Waals surface area contributed by atoms with E-state index in [1.165, 1.54) is 0 Å². The lowest BCUT2D eigenvalue weighted by atomic mass is 9.92. The van der Waals surface area contributed by atoms with Gasteiger partial charge in [0.05, 0.1) is 11.4 Å². The summed E-state index contributed by atoms with van der Waals surface area (Å²) in [6, 6.07) is 6.28. The molecular formula is C15H17BrN4O. The first-order chi connectivity index (χ1) is 10.1. The molecule has 1 aromatic carbocycles. The van der Waals surface area contributed by atoms with Crippen LogP contribution < -0.4 is 10.6 Å². The summed E-state index contributed by atoms with van der Waals surface area (Å²) in [5, 5.41) is 0.990. The molecule has 5 nitrogen and oxygen atoms in total. The third-order valence-corrected chi connectivity index (χ3v) is 4.79. The van der Waals surface area contributed by atoms with E-state index in [0.29, 0.717) is 12.6 Å². The third-order valence-electron chi connectivity index (χ3n) is 4.15. The molecule has 1 aromatic heterocycles. The zero-order chi connectivity index (χ0) is 15.0. The van der Waals surface area contributed by atoms with Crippen LogP contribution in [0.2, 0.25) is 0 Å². The maximum Gasteiger partial charge on any atom is 0.222 e. The lowest BCUT2D eigenvalue weighted by molar-refractivity contribution is -0.122. The summed E-state index contributed by atoms with van der Waals surface area (Å²) in [6.45, 7) is 2.78. The third kappa shape index (κ3) is 2.60. The SMILES string of the molecule is C[C@@H]1CC[C@H](C(N)=O)CN1c1ncnc2c(Br)cccc12. The van der Waals surface area contributed by atoms with Crippen molar-refractivity contribution in [2.24, 2.45) is 11.7 Å². The first kappa shape index (κ1) is 14.3. The van der Waals surface area contributed by atoms with Crippen molar-refractivity contribution < 1.29 is 4.79 Å². The van der Waals surface area contributed by atoms with E-state index in [1.54, 1.807) is 6.33 Å². The lowest BCUT2D eigenvalue weighted by Gasteiger charge is -2.38. The Labute approximate surface area is 131 Å². The summed E-state index contributed by atoms with van der Waals surface area (Å²) in [7, 11) is 0. The number of nitrogens with two attached hydrogens (primary N) is 1. The van der Waals surface area contributed by atoms with Gasteiger partial charge in [0, 0.05) is 22.4 Å². The highest BCUT2D eigenvalue weighted by molar-refractivity contribution is 9.10. The molecule has 0 aliphatic carbocycles. The Balaban J connectivity index is 2.06. The first-order valence-electron chi connectivity index (χ1n) is 7.03. The second-order valence-corrected chi connectivity index (χ2v) is 6.37. The molecule has 1 aliphatic heterocycles. The van der Waals surface area contributed by atoms with E-state index in [-0.39, 0.29) is 11.8 Å². The number of para-hydroxylation sites is 1. The number of nitrogens with zero attached hydrogens (tertiary/aromatic N) is 3. The van der Waals surface area contributed by atoms with E-state index in [4.69, 9.17) is 5.73 Å². The van der Waals surface area contributed by atoms with Crippen LogP contribution in [0.5, 0.6) is 0 Å². The zero-order valence-corrected chi connectivity index (χ0v) is 13.4. The largest absolute Gasteiger partial charge is 0.369 e. The normalized spacial score (nSPS) is 22.5. The molecule has 1 fully saturated rings. The Kier molecular flexibility index (Phi) is 3.80. The minimum Gasteiger partial charge on any atom is -0.369 e. The molecule has 0 radical (unpaired) electrons. The molecule has 2 N–H and O–H groups in total. The van der Waals surface area contributed by atoms with Crippen molar-refractivity contribution in [2.45, 2.75) is 25.8 Å².